The second-order valence-electron chi connectivity index (χ2n) is 6.22. The van der Waals surface area contributed by atoms with Crippen molar-refractivity contribution in [1.82, 2.24) is 15.3 Å². The van der Waals surface area contributed by atoms with Gasteiger partial charge in [-0.15, -0.1) is 0 Å². The van der Waals surface area contributed by atoms with Crippen LogP contribution in [0.15, 0.2) is 35.4 Å². The molecule has 1 aliphatic heterocycles. The fraction of sp³-hybridized carbons (Fsp3) is 0.421. The van der Waals surface area contributed by atoms with Gasteiger partial charge >= 0.3 is 6.01 Å². The molecule has 1 aromatic carbocycles. The number of nitrogens with zero attached hydrogens (tertiary/aromatic N) is 4. The third kappa shape index (κ3) is 5.90. The van der Waals surface area contributed by atoms with Gasteiger partial charge in [0.25, 0.3) is 0 Å². The minimum atomic E-state index is 0.353. The first kappa shape index (κ1) is 19.1. The second-order valence-corrected chi connectivity index (χ2v) is 6.22. The molecule has 8 nitrogen and oxygen atoms in total. The van der Waals surface area contributed by atoms with Crippen LogP contribution in [0.5, 0.6) is 6.01 Å². The molecule has 1 fully saturated rings. The van der Waals surface area contributed by atoms with Gasteiger partial charge in [0.2, 0.25) is 0 Å². The van der Waals surface area contributed by atoms with E-state index in [1.165, 1.54) is 5.56 Å². The summed E-state index contributed by atoms with van der Waals surface area (Å²) in [7, 11) is 1.88. The summed E-state index contributed by atoms with van der Waals surface area (Å²) in [6, 6.07) is 10.3. The number of hydrogen-bond donors (Lipinski definition) is 2. The Hall–Kier alpha value is -2.71. The van der Waals surface area contributed by atoms with Crippen molar-refractivity contribution in [2.75, 3.05) is 56.8 Å². The highest BCUT2D eigenvalue weighted by Crippen LogP contribution is 2.17. The highest BCUT2D eigenvalue weighted by atomic mass is 16.5. The van der Waals surface area contributed by atoms with E-state index in [-0.39, 0.29) is 0 Å². The van der Waals surface area contributed by atoms with Crippen molar-refractivity contribution in [3.63, 3.8) is 0 Å². The molecule has 2 N–H and O–H groups in total. The molecule has 1 aliphatic rings. The van der Waals surface area contributed by atoms with Gasteiger partial charge in [-0.2, -0.15) is 15.1 Å². The zero-order valence-electron chi connectivity index (χ0n) is 15.8. The van der Waals surface area contributed by atoms with Crippen molar-refractivity contribution in [2.24, 2.45) is 5.10 Å². The van der Waals surface area contributed by atoms with E-state index < -0.39 is 0 Å². The number of likely N-dealkylation sites (N-methyl/N-ethyl adjacent to an activating group) is 1. The van der Waals surface area contributed by atoms with Crippen LogP contribution in [-0.4, -0.2) is 62.7 Å². The van der Waals surface area contributed by atoms with Crippen LogP contribution in [0, 0.1) is 6.92 Å². The summed E-state index contributed by atoms with van der Waals surface area (Å²) in [6.07, 6.45) is 1.68. The Morgan fingerprint density at radius 1 is 1.26 bits per heavy atom. The number of hydrazone groups is 1. The molecule has 0 aliphatic carbocycles. The molecule has 0 bridgehead atoms. The first-order chi connectivity index (χ1) is 13.2. The minimum Gasteiger partial charge on any atom is -0.462 e. The number of benzene rings is 1. The van der Waals surface area contributed by atoms with Gasteiger partial charge in [-0.1, -0.05) is 12.1 Å². The number of aryl methyl sites for hydroxylation is 1. The van der Waals surface area contributed by atoms with Gasteiger partial charge < -0.3 is 19.7 Å². The first-order valence-electron chi connectivity index (χ1n) is 9.09. The number of aromatic nitrogens is 2. The number of hydrogen-bond acceptors (Lipinski definition) is 8. The van der Waals surface area contributed by atoms with E-state index in [1.807, 2.05) is 44.3 Å². The van der Waals surface area contributed by atoms with Crippen molar-refractivity contribution in [2.45, 2.75) is 6.92 Å². The van der Waals surface area contributed by atoms with E-state index in [0.717, 1.165) is 31.1 Å². The maximum absolute atomic E-state index is 5.67. The summed E-state index contributed by atoms with van der Waals surface area (Å²) in [5.41, 5.74) is 5.82. The smallest absolute Gasteiger partial charge is 0.319 e. The lowest BCUT2D eigenvalue weighted by Crippen LogP contribution is -2.37. The average Bonchev–Trinajstić information content (AvgIpc) is 2.69. The summed E-state index contributed by atoms with van der Waals surface area (Å²) >= 11 is 0. The SMILES string of the molecule is CNCCOc1nc(/C=N/Nc2cccc(C)c2)cc(N2CCOCC2)n1. The van der Waals surface area contributed by atoms with E-state index in [2.05, 4.69) is 30.7 Å². The molecule has 0 radical (unpaired) electrons. The lowest BCUT2D eigenvalue weighted by Gasteiger charge is -2.28. The Morgan fingerprint density at radius 3 is 2.89 bits per heavy atom. The van der Waals surface area contributed by atoms with Crippen LogP contribution in [-0.2, 0) is 4.74 Å². The lowest BCUT2D eigenvalue weighted by molar-refractivity contribution is 0.122. The standard InChI is InChI=1S/C19H26N6O2/c1-15-4-3-5-16(12-15)24-21-14-17-13-18(25-7-10-26-11-8-25)23-19(22-17)27-9-6-20-2/h3-5,12-14,20,24H,6-11H2,1-2H3/b21-14+. The molecule has 1 saturated heterocycles. The van der Waals surface area contributed by atoms with Crippen LogP contribution in [0.4, 0.5) is 11.5 Å². The van der Waals surface area contributed by atoms with Gasteiger partial charge in [0.05, 0.1) is 30.8 Å². The highest BCUT2D eigenvalue weighted by molar-refractivity contribution is 5.79. The zero-order valence-corrected chi connectivity index (χ0v) is 15.8. The molecule has 0 spiro atoms. The van der Waals surface area contributed by atoms with Crippen LogP contribution < -0.4 is 20.4 Å². The van der Waals surface area contributed by atoms with E-state index in [1.54, 1.807) is 6.21 Å². The molecule has 0 amide bonds. The van der Waals surface area contributed by atoms with Crippen molar-refractivity contribution in [3.05, 3.63) is 41.6 Å². The van der Waals surface area contributed by atoms with Crippen LogP contribution >= 0.6 is 0 Å². The van der Waals surface area contributed by atoms with Crippen molar-refractivity contribution >= 4 is 17.7 Å². The predicted molar refractivity (Wildman–Crippen MR) is 107 cm³/mol. The maximum Gasteiger partial charge on any atom is 0.319 e. The van der Waals surface area contributed by atoms with Crippen LogP contribution in [0.2, 0.25) is 0 Å². The number of morpholine rings is 1. The fourth-order valence-electron chi connectivity index (χ4n) is 2.65. The molecule has 8 heteroatoms. The Morgan fingerprint density at radius 2 is 2.11 bits per heavy atom. The van der Waals surface area contributed by atoms with Gasteiger partial charge in [-0.25, -0.2) is 0 Å². The second kappa shape index (κ2) is 9.84. The van der Waals surface area contributed by atoms with E-state index in [0.29, 0.717) is 31.5 Å². The Bertz CT molecular complexity index is 762. The molecular formula is C19H26N6O2. The molecule has 1 aromatic heterocycles. The topological polar surface area (TPSA) is 83.9 Å². The van der Waals surface area contributed by atoms with Crippen molar-refractivity contribution in [3.8, 4) is 6.01 Å². The zero-order chi connectivity index (χ0) is 18.9. The molecule has 2 heterocycles. The normalized spacial score (nSPS) is 14.5. The molecule has 0 atom stereocenters. The summed E-state index contributed by atoms with van der Waals surface area (Å²) in [4.78, 5) is 11.1. The number of ether oxygens (including phenoxy) is 2. The quantitative estimate of drug-likeness (QED) is 0.415. The lowest BCUT2D eigenvalue weighted by atomic mass is 10.2. The molecule has 3 rings (SSSR count). The first-order valence-corrected chi connectivity index (χ1v) is 9.09. The molecule has 2 aromatic rings. The summed E-state index contributed by atoms with van der Waals surface area (Å²) in [5, 5.41) is 7.34. The van der Waals surface area contributed by atoms with Gasteiger partial charge in [0, 0.05) is 25.7 Å². The van der Waals surface area contributed by atoms with Crippen molar-refractivity contribution < 1.29 is 9.47 Å². The van der Waals surface area contributed by atoms with Gasteiger partial charge in [-0.3, -0.25) is 5.43 Å². The fourth-order valence-corrected chi connectivity index (χ4v) is 2.65. The minimum absolute atomic E-state index is 0.353. The number of rotatable bonds is 8. The Balaban J connectivity index is 1.74. The van der Waals surface area contributed by atoms with E-state index in [4.69, 9.17) is 9.47 Å². The molecule has 27 heavy (non-hydrogen) atoms. The third-order valence-electron chi connectivity index (χ3n) is 4.04. The number of anilines is 2. The predicted octanol–water partition coefficient (Wildman–Crippen LogP) is 1.67. The van der Waals surface area contributed by atoms with Gasteiger partial charge in [-0.05, 0) is 31.7 Å². The average molecular weight is 370 g/mol. The summed E-state index contributed by atoms with van der Waals surface area (Å²) in [6.45, 7) is 6.25. The van der Waals surface area contributed by atoms with E-state index in [9.17, 15) is 0 Å². The Kier molecular flexibility index (Phi) is 6.95. The maximum atomic E-state index is 5.67. The molecule has 0 unspecified atom stereocenters. The molecule has 0 saturated carbocycles. The third-order valence-corrected chi connectivity index (χ3v) is 4.04. The highest BCUT2D eigenvalue weighted by Gasteiger charge is 2.15. The largest absolute Gasteiger partial charge is 0.462 e. The Labute approximate surface area is 159 Å². The summed E-state index contributed by atoms with van der Waals surface area (Å²) in [5.74, 6) is 0.824. The monoisotopic (exact) mass is 370 g/mol. The van der Waals surface area contributed by atoms with Crippen LogP contribution in [0.1, 0.15) is 11.3 Å². The van der Waals surface area contributed by atoms with Crippen molar-refractivity contribution in [1.29, 1.82) is 0 Å². The van der Waals surface area contributed by atoms with Gasteiger partial charge in [0.1, 0.15) is 12.4 Å². The van der Waals surface area contributed by atoms with Crippen LogP contribution in [0.25, 0.3) is 0 Å². The van der Waals surface area contributed by atoms with E-state index >= 15 is 0 Å². The van der Waals surface area contributed by atoms with Crippen LogP contribution in [0.3, 0.4) is 0 Å². The molecular weight excluding hydrogens is 344 g/mol. The number of nitrogens with one attached hydrogen (secondary N) is 2. The molecule has 144 valence electrons. The van der Waals surface area contributed by atoms with Gasteiger partial charge in [0.15, 0.2) is 0 Å². The summed E-state index contributed by atoms with van der Waals surface area (Å²) < 4.78 is 11.1.